The summed E-state index contributed by atoms with van der Waals surface area (Å²) >= 11 is 1.78. The summed E-state index contributed by atoms with van der Waals surface area (Å²) in [5, 5.41) is 0.536. The molecule has 0 aromatic rings. The summed E-state index contributed by atoms with van der Waals surface area (Å²) in [6.07, 6.45) is 1.12. The average Bonchev–Trinajstić information content (AvgIpc) is 2.34. The molecule has 0 bridgehead atoms. The van der Waals surface area contributed by atoms with Crippen LogP contribution in [0.3, 0.4) is 0 Å². The van der Waals surface area contributed by atoms with Crippen molar-refractivity contribution in [2.45, 2.75) is 17.7 Å². The predicted molar refractivity (Wildman–Crippen MR) is 40.8 cm³/mol. The first-order valence-electron chi connectivity index (χ1n) is 3.50. The van der Waals surface area contributed by atoms with E-state index in [-0.39, 0.29) is 6.04 Å². The number of rotatable bonds is 0. The largest absolute Gasteiger partial charge is 0.297 e. The van der Waals surface area contributed by atoms with Gasteiger partial charge in [0.1, 0.15) is 0 Å². The minimum atomic E-state index is 0.0961. The summed E-state index contributed by atoms with van der Waals surface area (Å²) in [6, 6.07) is 0.0961. The molecule has 0 aromatic heterocycles. The van der Waals surface area contributed by atoms with E-state index in [2.05, 4.69) is 10.9 Å². The summed E-state index contributed by atoms with van der Waals surface area (Å²) in [5.74, 6) is 1.05. The Bertz CT molecular complexity index is 162. The van der Waals surface area contributed by atoms with Gasteiger partial charge in [-0.05, 0) is 6.42 Å². The number of carbonyl (C=O) groups excluding carboxylic acids is 1. The van der Waals surface area contributed by atoms with Crippen LogP contribution in [0.5, 0.6) is 0 Å². The molecule has 2 aliphatic rings. The lowest BCUT2D eigenvalue weighted by atomic mass is 10.1. The number of ketones is 1. The molecule has 2 unspecified atom stereocenters. The molecule has 2 aliphatic heterocycles. The summed E-state index contributed by atoms with van der Waals surface area (Å²) in [7, 11) is 0. The van der Waals surface area contributed by atoms with Gasteiger partial charge in [0.05, 0.1) is 11.8 Å². The van der Waals surface area contributed by atoms with Crippen molar-refractivity contribution in [2.75, 3.05) is 12.3 Å². The van der Waals surface area contributed by atoms with E-state index in [4.69, 9.17) is 0 Å². The van der Waals surface area contributed by atoms with Crippen LogP contribution in [0, 0.1) is 0 Å². The highest BCUT2D eigenvalue weighted by atomic mass is 32.2. The van der Waals surface area contributed by atoms with Gasteiger partial charge in [-0.15, -0.1) is 11.8 Å². The van der Waals surface area contributed by atoms with Crippen molar-refractivity contribution in [1.29, 1.82) is 0 Å². The zero-order valence-electron chi connectivity index (χ0n) is 5.59. The van der Waals surface area contributed by atoms with Crippen LogP contribution in [0.1, 0.15) is 6.42 Å². The number of Topliss-reactive ketones (excluding diaryl/α,β-unsaturated/α-hetero) is 1. The average molecular weight is 158 g/mol. The first-order chi connectivity index (χ1) is 4.88. The number of hydrogen-bond acceptors (Lipinski definition) is 4. The van der Waals surface area contributed by atoms with E-state index in [0.29, 0.717) is 16.8 Å². The number of thioether (sulfide) groups is 1. The molecule has 56 valence electrons. The number of fused-ring (bicyclic) bond motifs is 1. The van der Waals surface area contributed by atoms with E-state index in [9.17, 15) is 4.79 Å². The lowest BCUT2D eigenvalue weighted by Gasteiger charge is -2.24. The van der Waals surface area contributed by atoms with Gasteiger partial charge in [0.15, 0.2) is 5.78 Å². The lowest BCUT2D eigenvalue weighted by molar-refractivity contribution is -0.118. The summed E-state index contributed by atoms with van der Waals surface area (Å²) in [5.41, 5.74) is 6.01. The lowest BCUT2D eigenvalue weighted by Crippen LogP contribution is -2.53. The van der Waals surface area contributed by atoms with E-state index in [1.54, 1.807) is 11.8 Å². The van der Waals surface area contributed by atoms with Crippen LogP contribution in [0.25, 0.3) is 0 Å². The number of nitrogens with one attached hydrogen (secondary N) is 2. The SMILES string of the molecule is O=C1CSC2CCNNC12. The summed E-state index contributed by atoms with van der Waals surface area (Å²) in [4.78, 5) is 11.1. The molecule has 0 radical (unpaired) electrons. The van der Waals surface area contributed by atoms with E-state index < -0.39 is 0 Å². The summed E-state index contributed by atoms with van der Waals surface area (Å²) in [6.45, 7) is 0.988. The maximum atomic E-state index is 11.1. The molecule has 10 heavy (non-hydrogen) atoms. The molecule has 2 rings (SSSR count). The van der Waals surface area contributed by atoms with Crippen LogP contribution in [0.2, 0.25) is 0 Å². The first kappa shape index (κ1) is 6.64. The van der Waals surface area contributed by atoms with Crippen molar-refractivity contribution in [3.05, 3.63) is 0 Å². The van der Waals surface area contributed by atoms with E-state index in [1.807, 2.05) is 0 Å². The van der Waals surface area contributed by atoms with Gasteiger partial charge in [-0.25, -0.2) is 5.43 Å². The molecule has 0 aromatic carbocycles. The minimum Gasteiger partial charge on any atom is -0.297 e. The number of hydrazine groups is 1. The topological polar surface area (TPSA) is 41.1 Å². The predicted octanol–water partition coefficient (Wildman–Crippen LogP) is -0.463. The maximum absolute atomic E-state index is 11.1. The molecule has 0 spiro atoms. The second-order valence-corrected chi connectivity index (χ2v) is 3.88. The van der Waals surface area contributed by atoms with Crippen molar-refractivity contribution < 1.29 is 4.79 Å². The van der Waals surface area contributed by atoms with Crippen molar-refractivity contribution in [2.24, 2.45) is 0 Å². The van der Waals surface area contributed by atoms with Crippen LogP contribution in [0.15, 0.2) is 0 Å². The van der Waals surface area contributed by atoms with E-state index in [0.717, 1.165) is 13.0 Å². The highest BCUT2D eigenvalue weighted by Crippen LogP contribution is 2.27. The quantitative estimate of drug-likeness (QED) is 0.500. The van der Waals surface area contributed by atoms with Gasteiger partial charge in [-0.2, -0.15) is 0 Å². The molecule has 2 atom stereocenters. The molecule has 0 saturated carbocycles. The van der Waals surface area contributed by atoms with E-state index in [1.165, 1.54) is 0 Å². The zero-order chi connectivity index (χ0) is 6.97. The Morgan fingerprint density at radius 3 is 3.30 bits per heavy atom. The third-order valence-electron chi connectivity index (χ3n) is 1.97. The molecular formula is C6H10N2OS. The maximum Gasteiger partial charge on any atom is 0.162 e. The van der Waals surface area contributed by atoms with Gasteiger partial charge in [-0.1, -0.05) is 0 Å². The standard InChI is InChI=1S/C6H10N2OS/c9-4-3-10-5-1-2-7-8-6(4)5/h5-8H,1-3H2. The Hall–Kier alpha value is -0.0600. The smallest absolute Gasteiger partial charge is 0.162 e. The van der Waals surface area contributed by atoms with Crippen LogP contribution in [-0.4, -0.2) is 29.4 Å². The second-order valence-electron chi connectivity index (χ2n) is 2.65. The van der Waals surface area contributed by atoms with Crippen molar-refractivity contribution in [3.63, 3.8) is 0 Å². The monoisotopic (exact) mass is 158 g/mol. The number of hydrogen-bond donors (Lipinski definition) is 2. The molecule has 4 heteroatoms. The number of carbonyl (C=O) groups is 1. The van der Waals surface area contributed by atoms with E-state index >= 15 is 0 Å². The van der Waals surface area contributed by atoms with Crippen LogP contribution in [0.4, 0.5) is 0 Å². The molecule has 2 saturated heterocycles. The molecule has 2 fully saturated rings. The molecule has 2 N–H and O–H groups in total. The van der Waals surface area contributed by atoms with Crippen molar-refractivity contribution in [1.82, 2.24) is 10.9 Å². The minimum absolute atomic E-state index is 0.0961. The fraction of sp³-hybridized carbons (Fsp3) is 0.833. The van der Waals surface area contributed by atoms with Crippen LogP contribution in [-0.2, 0) is 4.79 Å². The Kier molecular flexibility index (Phi) is 1.68. The molecule has 0 aliphatic carbocycles. The Labute approximate surface area is 63.9 Å². The normalized spacial score (nSPS) is 39.8. The zero-order valence-corrected chi connectivity index (χ0v) is 6.41. The third-order valence-corrected chi connectivity index (χ3v) is 3.36. The van der Waals surface area contributed by atoms with Gasteiger partial charge in [0.25, 0.3) is 0 Å². The molecular weight excluding hydrogens is 148 g/mol. The highest BCUT2D eigenvalue weighted by Gasteiger charge is 2.36. The van der Waals surface area contributed by atoms with Gasteiger partial charge in [-0.3, -0.25) is 10.2 Å². The third kappa shape index (κ3) is 0.962. The molecule has 3 nitrogen and oxygen atoms in total. The van der Waals surface area contributed by atoms with Crippen LogP contribution >= 0.6 is 11.8 Å². The first-order valence-corrected chi connectivity index (χ1v) is 4.55. The Morgan fingerprint density at radius 2 is 2.50 bits per heavy atom. The van der Waals surface area contributed by atoms with Gasteiger partial charge in [0, 0.05) is 11.8 Å². The van der Waals surface area contributed by atoms with Crippen molar-refractivity contribution >= 4 is 17.5 Å². The fourth-order valence-electron chi connectivity index (χ4n) is 1.40. The fourth-order valence-corrected chi connectivity index (χ4v) is 2.66. The van der Waals surface area contributed by atoms with Crippen LogP contribution < -0.4 is 10.9 Å². The molecule has 0 amide bonds. The van der Waals surface area contributed by atoms with Gasteiger partial charge in [0.2, 0.25) is 0 Å². The highest BCUT2D eigenvalue weighted by molar-refractivity contribution is 8.01. The Morgan fingerprint density at radius 1 is 1.60 bits per heavy atom. The molecule has 2 heterocycles. The second kappa shape index (κ2) is 2.53. The summed E-state index contributed by atoms with van der Waals surface area (Å²) < 4.78 is 0. The van der Waals surface area contributed by atoms with Gasteiger partial charge < -0.3 is 0 Å². The van der Waals surface area contributed by atoms with Crippen molar-refractivity contribution in [3.8, 4) is 0 Å². The van der Waals surface area contributed by atoms with Gasteiger partial charge >= 0.3 is 0 Å². The Balaban J connectivity index is 2.08.